The van der Waals surface area contributed by atoms with Gasteiger partial charge in [0.1, 0.15) is 0 Å². The maximum absolute atomic E-state index is 12.5. The number of nitrogens with two attached hydrogens (primary N) is 1. The van der Waals surface area contributed by atoms with Crippen LogP contribution in [0.2, 0.25) is 0 Å². The molecule has 75 heavy (non-hydrogen) atoms. The van der Waals surface area contributed by atoms with E-state index in [1.165, 1.54) is 16.7 Å². The molecule has 0 fully saturated rings. The molecule has 4 aliphatic heterocycles. The number of aromatic nitrogens is 3. The highest BCUT2D eigenvalue weighted by Gasteiger charge is 2.28. The summed E-state index contributed by atoms with van der Waals surface area (Å²) in [4.78, 5) is 65.3. The van der Waals surface area contributed by atoms with Gasteiger partial charge in [-0.15, -0.1) is 0 Å². The van der Waals surface area contributed by atoms with Crippen LogP contribution in [0.4, 0.5) is 39.8 Å². The average molecular weight is 1020 g/mol. The predicted octanol–water partition coefficient (Wildman–Crippen LogP) is 9.59. The molecule has 5 aromatic carbocycles. The van der Waals surface area contributed by atoms with Crippen molar-refractivity contribution in [1.82, 2.24) is 19.7 Å². The summed E-state index contributed by atoms with van der Waals surface area (Å²) >= 11 is 0. The normalized spacial score (nSPS) is 14.4. The third-order valence-electron chi connectivity index (χ3n) is 13.0. The third kappa shape index (κ3) is 12.4. The lowest BCUT2D eigenvalue weighted by atomic mass is 9.98. The molecule has 0 aliphatic carbocycles. The van der Waals surface area contributed by atoms with Crippen LogP contribution in [-0.2, 0) is 68.0 Å². The van der Waals surface area contributed by atoms with E-state index in [9.17, 15) is 27.6 Å². The number of pyridine rings is 3. The van der Waals surface area contributed by atoms with Gasteiger partial charge < -0.3 is 11.1 Å². The molecule has 16 heteroatoms. The number of para-hydroxylation sites is 2. The predicted molar refractivity (Wildman–Crippen MR) is 290 cm³/mol. The maximum Gasteiger partial charge on any atom is 0.240 e. The van der Waals surface area contributed by atoms with E-state index in [2.05, 4.69) is 43.2 Å². The second-order valence-corrected chi connectivity index (χ2v) is 19.7. The van der Waals surface area contributed by atoms with Crippen molar-refractivity contribution in [1.29, 1.82) is 0 Å². The number of rotatable bonds is 8. The second-order valence-electron chi connectivity index (χ2n) is 17.9. The van der Waals surface area contributed by atoms with E-state index in [1.807, 2.05) is 97.1 Å². The van der Waals surface area contributed by atoms with Crippen LogP contribution >= 0.6 is 0 Å². The van der Waals surface area contributed by atoms with Gasteiger partial charge in [0, 0.05) is 63.1 Å². The Labute approximate surface area is 436 Å². The monoisotopic (exact) mass is 1020 g/mol. The molecule has 3 aromatic heterocycles. The van der Waals surface area contributed by atoms with Crippen LogP contribution in [0.3, 0.4) is 0 Å². The lowest BCUT2D eigenvalue weighted by Crippen LogP contribution is -2.31. The van der Waals surface area contributed by atoms with Gasteiger partial charge in [0.25, 0.3) is 0 Å². The smallest absolute Gasteiger partial charge is 0.240 e. The molecule has 0 atom stereocenters. The fraction of sp³-hybridized carbons (Fsp3) is 0.169. The Bertz CT molecular complexity index is 3420. The number of aryl methyl sites for hydroxylation is 4. The standard InChI is InChI=1S/C21H19N3O3S.C15H15N3O.C14H12N2O.C9H9NO/c25-21-11-9-17-13-16(14-23-28(26,27)19-6-2-1-3-7-19)8-10-20(17)24(21)18-5-4-12-22-15-18;16-9-11-3-5-14-12(8-11)4-6-15(19)18(14)13-2-1-7-17-10-13;17-14-8-7-11-4-1-2-6-13(11)16(14)12-5-3-9-15-10-12;11-9-6-5-7-3-1-2-4-8(7)10-9/h1-8,10,12-13,15,23H,9,11,14H2;1-3,5,7-8,10H,4,6,9,16H2;1-6,9-10H,7-8H2;1-4H,5-6H2,(H,10,11). The van der Waals surface area contributed by atoms with Gasteiger partial charge in [-0.05, 0) is 132 Å². The Morgan fingerprint density at radius 2 is 0.920 bits per heavy atom. The quantitative estimate of drug-likeness (QED) is 0.132. The van der Waals surface area contributed by atoms with Gasteiger partial charge >= 0.3 is 0 Å². The van der Waals surface area contributed by atoms with Gasteiger partial charge in [0.2, 0.25) is 33.7 Å². The lowest BCUT2D eigenvalue weighted by molar-refractivity contribution is -0.119. The summed E-state index contributed by atoms with van der Waals surface area (Å²) in [5.74, 6) is 0.402. The Balaban J connectivity index is 0.000000129. The molecule has 4 aliphatic rings. The zero-order valence-corrected chi connectivity index (χ0v) is 41.9. The van der Waals surface area contributed by atoms with Crippen molar-refractivity contribution in [3.05, 3.63) is 222 Å². The first-order valence-electron chi connectivity index (χ1n) is 24.7. The van der Waals surface area contributed by atoms with E-state index in [0.29, 0.717) is 38.6 Å². The van der Waals surface area contributed by atoms with Gasteiger partial charge in [-0.2, -0.15) is 0 Å². The molecule has 4 amide bonds. The van der Waals surface area contributed by atoms with E-state index in [4.69, 9.17) is 5.73 Å². The van der Waals surface area contributed by atoms with Crippen LogP contribution in [0.5, 0.6) is 0 Å². The molecule has 8 aromatic rings. The summed E-state index contributed by atoms with van der Waals surface area (Å²) in [5, 5.41) is 2.82. The van der Waals surface area contributed by atoms with Crippen molar-refractivity contribution >= 4 is 73.5 Å². The number of benzene rings is 5. The largest absolute Gasteiger partial charge is 0.326 e. The molecule has 4 N–H and O–H groups in total. The second kappa shape index (κ2) is 23.9. The molecule has 0 unspecified atom stereocenters. The van der Waals surface area contributed by atoms with Crippen molar-refractivity contribution in [2.45, 2.75) is 69.4 Å². The minimum Gasteiger partial charge on any atom is -0.326 e. The van der Waals surface area contributed by atoms with E-state index in [0.717, 1.165) is 75.8 Å². The number of nitrogens with one attached hydrogen (secondary N) is 2. The van der Waals surface area contributed by atoms with Crippen LogP contribution in [0.25, 0.3) is 0 Å². The molecular weight excluding hydrogens is 963 g/mol. The molecular formula is C59H55N9O6S. The van der Waals surface area contributed by atoms with Gasteiger partial charge in [0.05, 0.1) is 57.6 Å². The fourth-order valence-corrected chi connectivity index (χ4v) is 10.3. The highest BCUT2D eigenvalue weighted by atomic mass is 32.2. The van der Waals surface area contributed by atoms with Crippen molar-refractivity contribution in [2.75, 3.05) is 20.0 Å². The van der Waals surface area contributed by atoms with Crippen molar-refractivity contribution in [2.24, 2.45) is 5.73 Å². The molecule has 0 saturated heterocycles. The average Bonchev–Trinajstić information content (AvgIpc) is 3.46. The zero-order valence-electron chi connectivity index (χ0n) is 41.1. The van der Waals surface area contributed by atoms with Crippen LogP contribution < -0.4 is 30.5 Å². The summed E-state index contributed by atoms with van der Waals surface area (Å²) in [6.07, 6.45) is 15.4. The van der Waals surface area contributed by atoms with Crippen molar-refractivity contribution in [3.8, 4) is 0 Å². The van der Waals surface area contributed by atoms with E-state index >= 15 is 0 Å². The molecule has 0 spiro atoms. The number of hydrogen-bond donors (Lipinski definition) is 3. The highest BCUT2D eigenvalue weighted by molar-refractivity contribution is 7.89. The number of carbonyl (C=O) groups is 4. The highest BCUT2D eigenvalue weighted by Crippen LogP contribution is 2.37. The maximum atomic E-state index is 12.5. The number of nitrogens with zero attached hydrogens (tertiary/aromatic N) is 6. The van der Waals surface area contributed by atoms with Gasteiger partial charge in [-0.25, -0.2) is 13.1 Å². The SMILES string of the molecule is NCc1ccc2c(c1)CCC(=O)N2c1cccnc1.O=C1CCc2cc(CNS(=O)(=O)c3ccccc3)ccc2N1c1cccnc1.O=C1CCc2ccccc2N1.O=C1CCc2ccccc2N1c1cccnc1. The summed E-state index contributed by atoms with van der Waals surface area (Å²) in [7, 11) is -3.57. The first kappa shape index (κ1) is 51.2. The number of fused-ring (bicyclic) bond motifs is 4. The molecule has 7 heterocycles. The van der Waals surface area contributed by atoms with Gasteiger partial charge in [-0.3, -0.25) is 48.8 Å². The van der Waals surface area contributed by atoms with E-state index in [1.54, 1.807) is 88.3 Å². The molecule has 0 saturated carbocycles. The Morgan fingerprint density at radius 3 is 1.45 bits per heavy atom. The first-order valence-corrected chi connectivity index (χ1v) is 26.2. The topological polar surface area (TPSA) is 201 Å². The molecule has 15 nitrogen and oxygen atoms in total. The minimum absolute atomic E-state index is 0.0260. The minimum atomic E-state index is -3.57. The van der Waals surface area contributed by atoms with E-state index in [-0.39, 0.29) is 35.1 Å². The number of carbonyl (C=O) groups excluding carboxylic acids is 4. The van der Waals surface area contributed by atoms with Crippen LogP contribution in [0, 0.1) is 0 Å². The Morgan fingerprint density at radius 1 is 0.467 bits per heavy atom. The fourth-order valence-electron chi connectivity index (χ4n) is 9.24. The third-order valence-corrected chi connectivity index (χ3v) is 14.4. The number of sulfonamides is 1. The Hall–Kier alpha value is -8.70. The molecule has 0 bridgehead atoms. The molecule has 0 radical (unpaired) electrons. The van der Waals surface area contributed by atoms with Gasteiger partial charge in [0.15, 0.2) is 0 Å². The van der Waals surface area contributed by atoms with Crippen LogP contribution in [0.15, 0.2) is 194 Å². The zero-order chi connectivity index (χ0) is 52.2. The number of hydrogen-bond acceptors (Lipinski definition) is 10. The molecule has 378 valence electrons. The van der Waals surface area contributed by atoms with Gasteiger partial charge in [-0.1, -0.05) is 78.9 Å². The Kier molecular flexibility index (Phi) is 16.3. The summed E-state index contributed by atoms with van der Waals surface area (Å²) in [6, 6.07) is 47.1. The first-order chi connectivity index (χ1) is 36.6. The summed E-state index contributed by atoms with van der Waals surface area (Å²) in [6.45, 7) is 0.708. The van der Waals surface area contributed by atoms with Crippen LogP contribution in [-0.4, -0.2) is 47.0 Å². The number of amides is 4. The lowest BCUT2D eigenvalue weighted by Gasteiger charge is -2.29. The van der Waals surface area contributed by atoms with Crippen molar-refractivity contribution in [3.63, 3.8) is 0 Å². The summed E-state index contributed by atoms with van der Waals surface area (Å²) < 4.78 is 27.4. The molecule has 12 rings (SSSR count). The number of anilines is 7. The summed E-state index contributed by atoms with van der Waals surface area (Å²) in [5.41, 5.74) is 18.4. The van der Waals surface area contributed by atoms with Crippen molar-refractivity contribution < 1.29 is 27.6 Å². The van der Waals surface area contributed by atoms with Crippen LogP contribution in [0.1, 0.15) is 59.1 Å². The van der Waals surface area contributed by atoms with E-state index < -0.39 is 10.0 Å².